The lowest BCUT2D eigenvalue weighted by molar-refractivity contribution is -0.118. The van der Waals surface area contributed by atoms with Crippen LogP contribution in [-0.2, 0) is 11.3 Å². The van der Waals surface area contributed by atoms with Crippen molar-refractivity contribution in [1.29, 1.82) is 0 Å². The Balaban J connectivity index is 1.90. The monoisotopic (exact) mass is 357 g/mol. The van der Waals surface area contributed by atoms with E-state index in [9.17, 15) is 14.0 Å². The van der Waals surface area contributed by atoms with Crippen LogP contribution in [0.2, 0.25) is 0 Å². The minimum absolute atomic E-state index is 0.254. The van der Waals surface area contributed by atoms with Gasteiger partial charge in [-0.2, -0.15) is 0 Å². The van der Waals surface area contributed by atoms with Gasteiger partial charge in [-0.1, -0.05) is 37.6 Å². The molecule has 2 rings (SSSR count). The minimum atomic E-state index is -0.631. The Labute approximate surface area is 153 Å². The van der Waals surface area contributed by atoms with Crippen LogP contribution < -0.4 is 16.0 Å². The van der Waals surface area contributed by atoms with Gasteiger partial charge in [0, 0.05) is 12.2 Å². The Morgan fingerprint density at radius 3 is 2.50 bits per heavy atom. The summed E-state index contributed by atoms with van der Waals surface area (Å²) in [6.07, 6.45) is 1.28. The molecule has 0 saturated heterocycles. The van der Waals surface area contributed by atoms with Crippen molar-refractivity contribution in [2.24, 2.45) is 0 Å². The normalized spacial score (nSPS) is 11.5. The number of amides is 3. The molecular weight excluding hydrogens is 333 g/mol. The average molecular weight is 357 g/mol. The van der Waals surface area contributed by atoms with Gasteiger partial charge in [-0.05, 0) is 48.7 Å². The predicted molar refractivity (Wildman–Crippen MR) is 100 cm³/mol. The first-order valence-corrected chi connectivity index (χ1v) is 8.64. The molecule has 0 unspecified atom stereocenters. The molecule has 1 atom stereocenters. The van der Waals surface area contributed by atoms with Gasteiger partial charge in [0.2, 0.25) is 5.91 Å². The molecule has 0 bridgehead atoms. The number of halogens is 1. The van der Waals surface area contributed by atoms with Crippen LogP contribution in [0.1, 0.15) is 30.9 Å². The van der Waals surface area contributed by atoms with Crippen LogP contribution >= 0.6 is 0 Å². The van der Waals surface area contributed by atoms with E-state index in [1.165, 1.54) is 12.1 Å². The molecule has 0 aromatic heterocycles. The third kappa shape index (κ3) is 6.20. The van der Waals surface area contributed by atoms with E-state index in [1.807, 2.05) is 38.1 Å². The maximum atomic E-state index is 12.9. The first-order chi connectivity index (χ1) is 12.5. The van der Waals surface area contributed by atoms with Gasteiger partial charge in [0.15, 0.2) is 0 Å². The number of carbonyl (C=O) groups is 2. The predicted octanol–water partition coefficient (Wildman–Crippen LogP) is 3.74. The maximum Gasteiger partial charge on any atom is 0.315 e. The van der Waals surface area contributed by atoms with Crippen molar-refractivity contribution in [3.05, 3.63) is 65.5 Å². The van der Waals surface area contributed by atoms with Crippen LogP contribution in [0.3, 0.4) is 0 Å². The van der Waals surface area contributed by atoms with E-state index < -0.39 is 12.1 Å². The highest BCUT2D eigenvalue weighted by Crippen LogP contribution is 2.11. The fourth-order valence-electron chi connectivity index (χ4n) is 2.50. The lowest BCUT2D eigenvalue weighted by Crippen LogP contribution is -2.47. The lowest BCUT2D eigenvalue weighted by atomic mass is 10.1. The molecule has 2 aromatic rings. The summed E-state index contributed by atoms with van der Waals surface area (Å²) in [5, 5.41) is 8.21. The summed E-state index contributed by atoms with van der Waals surface area (Å²) in [7, 11) is 0. The molecule has 5 nitrogen and oxygen atoms in total. The Morgan fingerprint density at radius 2 is 1.85 bits per heavy atom. The van der Waals surface area contributed by atoms with Crippen LogP contribution in [0.15, 0.2) is 48.5 Å². The number of aryl methyl sites for hydroxylation is 1. The summed E-state index contributed by atoms with van der Waals surface area (Å²) in [5.41, 5.74) is 2.52. The summed E-state index contributed by atoms with van der Waals surface area (Å²) in [6.45, 7) is 4.15. The average Bonchev–Trinajstić information content (AvgIpc) is 2.61. The van der Waals surface area contributed by atoms with Gasteiger partial charge in [0.1, 0.15) is 11.9 Å². The molecule has 0 radical (unpaired) electrons. The third-order valence-corrected chi connectivity index (χ3v) is 3.85. The van der Waals surface area contributed by atoms with E-state index in [4.69, 9.17) is 0 Å². The van der Waals surface area contributed by atoms with Crippen molar-refractivity contribution in [1.82, 2.24) is 10.6 Å². The number of nitrogens with one attached hydrogen (secondary N) is 3. The molecule has 0 saturated carbocycles. The molecule has 138 valence electrons. The van der Waals surface area contributed by atoms with Gasteiger partial charge >= 0.3 is 6.03 Å². The molecule has 0 aliphatic heterocycles. The zero-order valence-corrected chi connectivity index (χ0v) is 15.0. The van der Waals surface area contributed by atoms with E-state index in [0.29, 0.717) is 12.1 Å². The van der Waals surface area contributed by atoms with Gasteiger partial charge in [0.25, 0.3) is 0 Å². The van der Waals surface area contributed by atoms with Crippen LogP contribution in [0.25, 0.3) is 0 Å². The molecule has 0 spiro atoms. The second-order valence-electron chi connectivity index (χ2n) is 6.15. The smallest absolute Gasteiger partial charge is 0.315 e. The molecule has 0 heterocycles. The topological polar surface area (TPSA) is 70.2 Å². The Bertz CT molecular complexity index is 747. The van der Waals surface area contributed by atoms with Crippen LogP contribution in [0.4, 0.5) is 14.9 Å². The largest absolute Gasteiger partial charge is 0.334 e. The Morgan fingerprint density at radius 1 is 1.12 bits per heavy atom. The number of urea groups is 1. The van der Waals surface area contributed by atoms with Gasteiger partial charge in [-0.25, -0.2) is 9.18 Å². The van der Waals surface area contributed by atoms with Crippen molar-refractivity contribution >= 4 is 17.6 Å². The highest BCUT2D eigenvalue weighted by Gasteiger charge is 2.20. The zero-order valence-electron chi connectivity index (χ0n) is 15.0. The van der Waals surface area contributed by atoms with Gasteiger partial charge in [-0.15, -0.1) is 0 Å². The zero-order chi connectivity index (χ0) is 18.9. The maximum absolute atomic E-state index is 12.9. The number of anilines is 1. The van der Waals surface area contributed by atoms with Gasteiger partial charge in [-0.3, -0.25) is 4.79 Å². The van der Waals surface area contributed by atoms with Crippen molar-refractivity contribution < 1.29 is 14.0 Å². The van der Waals surface area contributed by atoms with Crippen molar-refractivity contribution in [3.63, 3.8) is 0 Å². The van der Waals surface area contributed by atoms with Crippen LogP contribution in [0, 0.1) is 12.7 Å². The highest BCUT2D eigenvalue weighted by molar-refractivity contribution is 5.97. The summed E-state index contributed by atoms with van der Waals surface area (Å²) >= 11 is 0. The summed E-state index contributed by atoms with van der Waals surface area (Å²) in [5.74, 6) is -0.580. The number of rotatable bonds is 7. The second-order valence-corrected chi connectivity index (χ2v) is 6.15. The lowest BCUT2D eigenvalue weighted by Gasteiger charge is -2.18. The first-order valence-electron chi connectivity index (χ1n) is 8.64. The van der Waals surface area contributed by atoms with E-state index >= 15 is 0 Å². The summed E-state index contributed by atoms with van der Waals surface area (Å²) in [6, 6.07) is 12.3. The molecule has 2 aromatic carbocycles. The van der Waals surface area contributed by atoms with E-state index in [2.05, 4.69) is 16.0 Å². The molecule has 0 aliphatic carbocycles. The summed E-state index contributed by atoms with van der Waals surface area (Å²) in [4.78, 5) is 24.6. The van der Waals surface area contributed by atoms with Crippen LogP contribution in [0.5, 0.6) is 0 Å². The molecule has 6 heteroatoms. The minimum Gasteiger partial charge on any atom is -0.334 e. The van der Waals surface area contributed by atoms with Gasteiger partial charge in [0.05, 0.1) is 0 Å². The van der Waals surface area contributed by atoms with Crippen LogP contribution in [-0.4, -0.2) is 18.0 Å². The quantitative estimate of drug-likeness (QED) is 0.706. The molecular formula is C20H24FN3O2. The van der Waals surface area contributed by atoms with Gasteiger partial charge < -0.3 is 16.0 Å². The Kier molecular flexibility index (Phi) is 7.14. The molecule has 0 aliphatic rings. The standard InChI is InChI=1S/C20H24FN3O2/c1-3-5-18(19(25)23-17-7-4-6-14(2)12-17)24-20(26)22-13-15-8-10-16(21)11-9-15/h4,6-12,18H,3,5,13H2,1-2H3,(H,23,25)(H2,22,24,26)/t18-/m0/s1. The van der Waals surface area contributed by atoms with E-state index in [0.717, 1.165) is 17.5 Å². The second kappa shape index (κ2) is 9.56. The molecule has 3 N–H and O–H groups in total. The Hall–Kier alpha value is -2.89. The molecule has 3 amide bonds. The van der Waals surface area contributed by atoms with Crippen molar-refractivity contribution in [2.45, 2.75) is 39.3 Å². The third-order valence-electron chi connectivity index (χ3n) is 3.85. The first kappa shape index (κ1) is 19.4. The van der Waals surface area contributed by atoms with E-state index in [1.54, 1.807) is 12.1 Å². The SMILES string of the molecule is CCC[C@H](NC(=O)NCc1ccc(F)cc1)C(=O)Nc1cccc(C)c1. The number of hydrogen-bond acceptors (Lipinski definition) is 2. The van der Waals surface area contributed by atoms with E-state index in [-0.39, 0.29) is 18.3 Å². The summed E-state index contributed by atoms with van der Waals surface area (Å²) < 4.78 is 12.9. The number of hydrogen-bond donors (Lipinski definition) is 3. The van der Waals surface area contributed by atoms with Crippen molar-refractivity contribution in [2.75, 3.05) is 5.32 Å². The number of benzene rings is 2. The fourth-order valence-corrected chi connectivity index (χ4v) is 2.50. The molecule has 0 fully saturated rings. The number of carbonyl (C=O) groups excluding carboxylic acids is 2. The highest BCUT2D eigenvalue weighted by atomic mass is 19.1. The fraction of sp³-hybridized carbons (Fsp3) is 0.300. The van der Waals surface area contributed by atoms with Crippen molar-refractivity contribution in [3.8, 4) is 0 Å². The molecule has 26 heavy (non-hydrogen) atoms.